The van der Waals surface area contributed by atoms with E-state index in [1.807, 2.05) is 36.5 Å². The number of fused-ring (bicyclic) bond motifs is 1. The first-order chi connectivity index (χ1) is 20.5. The fourth-order valence-electron chi connectivity index (χ4n) is 6.17. The van der Waals surface area contributed by atoms with Gasteiger partial charge in [0, 0.05) is 37.2 Å². The van der Waals surface area contributed by atoms with Crippen LogP contribution in [0.25, 0.3) is 33.8 Å². The highest BCUT2D eigenvalue weighted by molar-refractivity contribution is 6.30. The van der Waals surface area contributed by atoms with Gasteiger partial charge < -0.3 is 14.2 Å². The van der Waals surface area contributed by atoms with Crippen LogP contribution in [0.2, 0.25) is 5.02 Å². The molecule has 2 aliphatic rings. The van der Waals surface area contributed by atoms with E-state index in [-0.39, 0.29) is 11.9 Å². The summed E-state index contributed by atoms with van der Waals surface area (Å²) in [6, 6.07) is 9.55. The Balaban J connectivity index is 1.45. The maximum absolute atomic E-state index is 11.8. The number of pyridine rings is 3. The van der Waals surface area contributed by atoms with Crippen molar-refractivity contribution < 1.29 is 9.26 Å². The van der Waals surface area contributed by atoms with Crippen LogP contribution in [-0.2, 0) is 11.3 Å². The first kappa shape index (κ1) is 26.8. The minimum absolute atomic E-state index is 0.0995. The standard InChI is InChI=1S/C30H31ClN8O3/c1-18-5-7-19(8-6-18)16-39-27-23(35-29(39)38-10-11-41-17-25(38)22-4-2-3-9-33-22)13-24(28-36-30(40)42-37-28)34-26(27)20-12-21(31)15-32-14-20/h2-4,9,12-15,18-19,25H,5-8,10-11,16-17H2,1H3,(H,36,37,40). The van der Waals surface area contributed by atoms with Crippen LogP contribution in [0.1, 0.15) is 44.3 Å². The zero-order valence-corrected chi connectivity index (χ0v) is 24.0. The van der Waals surface area contributed by atoms with Gasteiger partial charge in [-0.1, -0.05) is 42.6 Å². The molecule has 5 aromatic rings. The van der Waals surface area contributed by atoms with Crippen molar-refractivity contribution in [2.45, 2.75) is 45.2 Å². The highest BCUT2D eigenvalue weighted by atomic mass is 35.5. The summed E-state index contributed by atoms with van der Waals surface area (Å²) in [4.78, 5) is 36.0. The Morgan fingerprint density at radius 1 is 1.12 bits per heavy atom. The van der Waals surface area contributed by atoms with Gasteiger partial charge >= 0.3 is 5.76 Å². The van der Waals surface area contributed by atoms with Crippen molar-refractivity contribution in [1.29, 1.82) is 0 Å². The number of imidazole rings is 1. The van der Waals surface area contributed by atoms with Crippen LogP contribution < -0.4 is 10.7 Å². The molecular weight excluding hydrogens is 556 g/mol. The number of morpholine rings is 1. The number of anilines is 1. The third kappa shape index (κ3) is 5.18. The summed E-state index contributed by atoms with van der Waals surface area (Å²) in [6.07, 6.45) is 9.90. The Morgan fingerprint density at radius 2 is 2.00 bits per heavy atom. The molecule has 1 aliphatic carbocycles. The summed E-state index contributed by atoms with van der Waals surface area (Å²) in [5, 5.41) is 4.40. The number of nitrogens with one attached hydrogen (secondary N) is 1. The molecule has 1 aliphatic heterocycles. The highest BCUT2D eigenvalue weighted by Gasteiger charge is 2.32. The van der Waals surface area contributed by atoms with Gasteiger partial charge in [0.15, 0.2) is 0 Å². The van der Waals surface area contributed by atoms with Gasteiger partial charge in [-0.25, -0.2) is 14.8 Å². The molecule has 1 atom stereocenters. The predicted molar refractivity (Wildman–Crippen MR) is 158 cm³/mol. The Hall–Kier alpha value is -4.09. The number of halogens is 1. The van der Waals surface area contributed by atoms with Crippen molar-refractivity contribution in [2.24, 2.45) is 11.8 Å². The van der Waals surface area contributed by atoms with Gasteiger partial charge in [-0.05, 0) is 48.9 Å². The fourth-order valence-corrected chi connectivity index (χ4v) is 6.35. The van der Waals surface area contributed by atoms with Crippen LogP contribution in [0.4, 0.5) is 5.95 Å². The Kier molecular flexibility index (Phi) is 7.20. The molecule has 2 fully saturated rings. The lowest BCUT2D eigenvalue weighted by Gasteiger charge is -2.37. The fraction of sp³-hybridized carbons (Fsp3) is 0.400. The second kappa shape index (κ2) is 11.3. The van der Waals surface area contributed by atoms with Gasteiger partial charge in [0.1, 0.15) is 5.69 Å². The second-order valence-corrected chi connectivity index (χ2v) is 11.7. The number of rotatable bonds is 6. The molecule has 0 aromatic carbocycles. The third-order valence-corrected chi connectivity index (χ3v) is 8.56. The van der Waals surface area contributed by atoms with Gasteiger partial charge in [0.2, 0.25) is 11.8 Å². The topological polar surface area (TPSA) is 128 Å². The first-order valence-corrected chi connectivity index (χ1v) is 14.7. The number of hydrogen-bond donors (Lipinski definition) is 1. The number of hydrogen-bond acceptors (Lipinski definition) is 9. The molecule has 0 bridgehead atoms. The van der Waals surface area contributed by atoms with Gasteiger partial charge in [0.05, 0.1) is 46.7 Å². The van der Waals surface area contributed by atoms with Crippen LogP contribution in [0.3, 0.4) is 0 Å². The lowest BCUT2D eigenvalue weighted by molar-refractivity contribution is 0.0916. The van der Waals surface area contributed by atoms with E-state index in [4.69, 9.17) is 30.8 Å². The summed E-state index contributed by atoms with van der Waals surface area (Å²) in [5.41, 5.74) is 4.38. The van der Waals surface area contributed by atoms with Crippen molar-refractivity contribution >= 4 is 28.6 Å². The minimum atomic E-state index is -0.651. The molecule has 1 N–H and O–H groups in total. The maximum Gasteiger partial charge on any atom is 0.439 e. The van der Waals surface area contributed by atoms with Crippen LogP contribution in [-0.4, -0.2) is 54.4 Å². The Bertz CT molecular complexity index is 1760. The van der Waals surface area contributed by atoms with Gasteiger partial charge in [-0.15, -0.1) is 0 Å². The number of aromatic amines is 1. The van der Waals surface area contributed by atoms with Crippen molar-refractivity contribution in [1.82, 2.24) is 34.6 Å². The normalized spacial score (nSPS) is 21.2. The van der Waals surface area contributed by atoms with Gasteiger partial charge in [-0.3, -0.25) is 19.5 Å². The molecular formula is C30H31ClN8O3. The summed E-state index contributed by atoms with van der Waals surface area (Å²) in [6.45, 7) is 4.90. The van der Waals surface area contributed by atoms with Crippen molar-refractivity contribution in [3.05, 3.63) is 70.2 Å². The van der Waals surface area contributed by atoms with Gasteiger partial charge in [-0.2, -0.15) is 0 Å². The van der Waals surface area contributed by atoms with Crippen LogP contribution in [0.15, 0.2) is 58.2 Å². The number of nitrogens with zero attached hydrogens (tertiary/aromatic N) is 7. The van der Waals surface area contributed by atoms with E-state index < -0.39 is 5.76 Å². The SMILES string of the molecule is CC1CCC(Cn2c(N3CCOCC3c3ccccn3)nc3cc(-c4noc(=O)[nH]4)nc(-c4cncc(Cl)c4)c32)CC1. The first-order valence-electron chi connectivity index (χ1n) is 14.4. The van der Waals surface area contributed by atoms with Gasteiger partial charge in [0.25, 0.3) is 0 Å². The average molecular weight is 587 g/mol. The Morgan fingerprint density at radius 3 is 2.76 bits per heavy atom. The largest absolute Gasteiger partial charge is 0.439 e. The molecule has 12 heteroatoms. The molecule has 0 amide bonds. The van der Waals surface area contributed by atoms with E-state index in [0.29, 0.717) is 42.1 Å². The molecule has 5 aromatic heterocycles. The molecule has 1 saturated carbocycles. The van der Waals surface area contributed by atoms with Crippen LogP contribution in [0.5, 0.6) is 0 Å². The molecule has 42 heavy (non-hydrogen) atoms. The van der Waals surface area contributed by atoms with Crippen molar-refractivity contribution in [3.8, 4) is 22.8 Å². The van der Waals surface area contributed by atoms with Crippen LogP contribution >= 0.6 is 11.6 Å². The zero-order valence-electron chi connectivity index (χ0n) is 23.2. The number of aromatic nitrogens is 7. The molecule has 0 spiro atoms. The maximum atomic E-state index is 11.8. The van der Waals surface area contributed by atoms with E-state index in [9.17, 15) is 4.79 Å². The lowest BCUT2D eigenvalue weighted by atomic mass is 9.83. The van der Waals surface area contributed by atoms with E-state index in [0.717, 1.165) is 53.5 Å². The Labute approximate surface area is 246 Å². The van der Waals surface area contributed by atoms with E-state index in [2.05, 4.69) is 36.5 Å². The smallest absolute Gasteiger partial charge is 0.377 e. The highest BCUT2D eigenvalue weighted by Crippen LogP contribution is 2.39. The number of H-pyrrole nitrogens is 1. The molecule has 11 nitrogen and oxygen atoms in total. The summed E-state index contributed by atoms with van der Waals surface area (Å²) in [7, 11) is 0. The predicted octanol–water partition coefficient (Wildman–Crippen LogP) is 5.29. The lowest BCUT2D eigenvalue weighted by Crippen LogP contribution is -2.41. The summed E-state index contributed by atoms with van der Waals surface area (Å²) < 4.78 is 13.1. The quantitative estimate of drug-likeness (QED) is 0.282. The molecule has 6 heterocycles. The van der Waals surface area contributed by atoms with Crippen molar-refractivity contribution in [3.63, 3.8) is 0 Å². The summed E-state index contributed by atoms with van der Waals surface area (Å²) in [5.74, 6) is 1.67. The van der Waals surface area contributed by atoms with Crippen molar-refractivity contribution in [2.75, 3.05) is 24.7 Å². The van der Waals surface area contributed by atoms with E-state index >= 15 is 0 Å². The molecule has 1 unspecified atom stereocenters. The average Bonchev–Trinajstić information content (AvgIpc) is 3.62. The second-order valence-electron chi connectivity index (χ2n) is 11.2. The molecule has 7 rings (SSSR count). The minimum Gasteiger partial charge on any atom is -0.377 e. The van der Waals surface area contributed by atoms with E-state index in [1.165, 1.54) is 12.8 Å². The van der Waals surface area contributed by atoms with Crippen LogP contribution in [0, 0.1) is 11.8 Å². The zero-order chi connectivity index (χ0) is 28.6. The monoisotopic (exact) mass is 586 g/mol. The number of ether oxygens (including phenoxy) is 1. The summed E-state index contributed by atoms with van der Waals surface area (Å²) >= 11 is 6.41. The molecule has 0 radical (unpaired) electrons. The third-order valence-electron chi connectivity index (χ3n) is 8.36. The molecule has 1 saturated heterocycles. The van der Waals surface area contributed by atoms with E-state index in [1.54, 1.807) is 12.4 Å². The molecule has 216 valence electrons.